The van der Waals surface area contributed by atoms with E-state index in [1.165, 1.54) is 0 Å². The molecule has 25 heavy (non-hydrogen) atoms. The summed E-state index contributed by atoms with van der Waals surface area (Å²) in [4.78, 5) is 24.2. The first-order valence-electron chi connectivity index (χ1n) is 8.53. The standard InChI is InChI=1S/C20H23NO4/c1-10(2)21-19(22)7-6-14-12(4)16-8-15-11(3)13(5)24-17(15)9-18(16)25-20(14)23/h8-10H,6-7H2,1-5H3,(H,21,22). The van der Waals surface area contributed by atoms with Gasteiger partial charge in [-0.05, 0) is 58.2 Å². The molecule has 132 valence electrons. The third kappa shape index (κ3) is 3.18. The van der Waals surface area contributed by atoms with Gasteiger partial charge in [0.05, 0.1) is 0 Å². The summed E-state index contributed by atoms with van der Waals surface area (Å²) in [5.74, 6) is 0.793. The summed E-state index contributed by atoms with van der Waals surface area (Å²) in [5.41, 5.74) is 3.35. The van der Waals surface area contributed by atoms with E-state index in [4.69, 9.17) is 8.83 Å². The second-order valence-electron chi connectivity index (χ2n) is 6.84. The quantitative estimate of drug-likeness (QED) is 0.730. The molecule has 0 radical (unpaired) electrons. The zero-order valence-electron chi connectivity index (χ0n) is 15.3. The molecule has 0 fully saturated rings. The summed E-state index contributed by atoms with van der Waals surface area (Å²) in [5, 5.41) is 4.74. The van der Waals surface area contributed by atoms with Crippen LogP contribution < -0.4 is 10.9 Å². The van der Waals surface area contributed by atoms with Crippen LogP contribution in [-0.2, 0) is 11.2 Å². The zero-order chi connectivity index (χ0) is 18.3. The summed E-state index contributed by atoms with van der Waals surface area (Å²) in [6, 6.07) is 3.86. The highest BCUT2D eigenvalue weighted by atomic mass is 16.4. The fraction of sp³-hybridized carbons (Fsp3) is 0.400. The molecule has 3 aromatic rings. The van der Waals surface area contributed by atoms with Gasteiger partial charge in [-0.2, -0.15) is 0 Å². The fourth-order valence-electron chi connectivity index (χ4n) is 3.15. The predicted molar refractivity (Wildman–Crippen MR) is 98.1 cm³/mol. The Morgan fingerprint density at radius 1 is 1.04 bits per heavy atom. The molecule has 3 rings (SSSR count). The van der Waals surface area contributed by atoms with Crippen LogP contribution in [0.2, 0.25) is 0 Å². The Balaban J connectivity index is 2.05. The maximum absolute atomic E-state index is 12.4. The Bertz CT molecular complexity index is 1020. The molecule has 2 aromatic heterocycles. The molecule has 1 aromatic carbocycles. The van der Waals surface area contributed by atoms with Gasteiger partial charge in [-0.25, -0.2) is 4.79 Å². The van der Waals surface area contributed by atoms with Crippen LogP contribution in [0.5, 0.6) is 0 Å². The first-order valence-corrected chi connectivity index (χ1v) is 8.53. The van der Waals surface area contributed by atoms with Gasteiger partial charge in [0.15, 0.2) is 0 Å². The molecule has 5 nitrogen and oxygen atoms in total. The minimum atomic E-state index is -0.387. The van der Waals surface area contributed by atoms with E-state index in [-0.39, 0.29) is 24.0 Å². The highest BCUT2D eigenvalue weighted by molar-refractivity contribution is 5.96. The Kier molecular flexibility index (Phi) is 4.41. The number of carbonyl (C=O) groups is 1. The van der Waals surface area contributed by atoms with E-state index >= 15 is 0 Å². The van der Waals surface area contributed by atoms with Crippen LogP contribution >= 0.6 is 0 Å². The van der Waals surface area contributed by atoms with Gasteiger partial charge in [0.1, 0.15) is 16.9 Å². The van der Waals surface area contributed by atoms with Gasteiger partial charge in [-0.1, -0.05) is 0 Å². The maximum atomic E-state index is 12.4. The van der Waals surface area contributed by atoms with Crippen LogP contribution in [0.25, 0.3) is 21.9 Å². The van der Waals surface area contributed by atoms with E-state index in [2.05, 4.69) is 5.32 Å². The van der Waals surface area contributed by atoms with Crippen LogP contribution in [0.4, 0.5) is 0 Å². The second kappa shape index (κ2) is 6.39. The predicted octanol–water partition coefficient (Wildman–Crippen LogP) is 3.92. The van der Waals surface area contributed by atoms with Gasteiger partial charge in [0, 0.05) is 34.9 Å². The van der Waals surface area contributed by atoms with Gasteiger partial charge in [-0.3, -0.25) is 4.79 Å². The zero-order valence-corrected chi connectivity index (χ0v) is 15.3. The molecule has 5 heteroatoms. The van der Waals surface area contributed by atoms with Crippen LogP contribution in [0.15, 0.2) is 25.8 Å². The third-order valence-corrected chi connectivity index (χ3v) is 4.63. The average Bonchev–Trinajstić information content (AvgIpc) is 2.79. The molecule has 0 aliphatic rings. The fourth-order valence-corrected chi connectivity index (χ4v) is 3.15. The number of aryl methyl sites for hydroxylation is 3. The number of hydrogen-bond acceptors (Lipinski definition) is 4. The van der Waals surface area contributed by atoms with Crippen LogP contribution in [0, 0.1) is 20.8 Å². The molecule has 0 saturated heterocycles. The molecule has 0 saturated carbocycles. The number of amides is 1. The summed E-state index contributed by atoms with van der Waals surface area (Å²) < 4.78 is 11.2. The van der Waals surface area contributed by atoms with Gasteiger partial charge in [0.25, 0.3) is 0 Å². The number of carbonyl (C=O) groups excluding carboxylic acids is 1. The highest BCUT2D eigenvalue weighted by Gasteiger charge is 2.16. The molecule has 0 bridgehead atoms. The lowest BCUT2D eigenvalue weighted by atomic mass is 10.0. The monoisotopic (exact) mass is 341 g/mol. The lowest BCUT2D eigenvalue weighted by Crippen LogP contribution is -2.30. The first-order chi connectivity index (χ1) is 11.8. The van der Waals surface area contributed by atoms with Gasteiger partial charge < -0.3 is 14.2 Å². The molecule has 2 heterocycles. The van der Waals surface area contributed by atoms with Crippen molar-refractivity contribution in [2.75, 3.05) is 0 Å². The Hall–Kier alpha value is -2.56. The minimum Gasteiger partial charge on any atom is -0.461 e. The second-order valence-corrected chi connectivity index (χ2v) is 6.84. The SMILES string of the molecule is Cc1oc2cc3oc(=O)c(CCC(=O)NC(C)C)c(C)c3cc2c1C. The van der Waals surface area contributed by atoms with E-state index in [0.29, 0.717) is 23.2 Å². The van der Waals surface area contributed by atoms with Crippen molar-refractivity contribution >= 4 is 27.8 Å². The third-order valence-electron chi connectivity index (χ3n) is 4.63. The normalized spacial score (nSPS) is 11.6. The maximum Gasteiger partial charge on any atom is 0.339 e. The number of furan rings is 1. The average molecular weight is 341 g/mol. The number of nitrogens with one attached hydrogen (secondary N) is 1. The van der Waals surface area contributed by atoms with Crippen molar-refractivity contribution in [3.05, 3.63) is 45.0 Å². The molecule has 0 spiro atoms. The summed E-state index contributed by atoms with van der Waals surface area (Å²) >= 11 is 0. The Morgan fingerprint density at radius 3 is 2.36 bits per heavy atom. The van der Waals surface area contributed by atoms with Crippen molar-refractivity contribution in [2.24, 2.45) is 0 Å². The molecular weight excluding hydrogens is 318 g/mol. The Morgan fingerprint density at radius 2 is 1.68 bits per heavy atom. The molecule has 0 atom stereocenters. The van der Waals surface area contributed by atoms with Crippen LogP contribution in [0.3, 0.4) is 0 Å². The van der Waals surface area contributed by atoms with Crippen molar-refractivity contribution in [3.63, 3.8) is 0 Å². The van der Waals surface area contributed by atoms with E-state index in [0.717, 1.165) is 27.7 Å². The molecule has 0 aliphatic heterocycles. The van der Waals surface area contributed by atoms with Crippen molar-refractivity contribution in [3.8, 4) is 0 Å². The van der Waals surface area contributed by atoms with E-state index in [9.17, 15) is 9.59 Å². The topological polar surface area (TPSA) is 72.5 Å². The number of hydrogen-bond donors (Lipinski definition) is 1. The van der Waals surface area contributed by atoms with E-state index in [1.54, 1.807) is 6.07 Å². The molecule has 0 unspecified atom stereocenters. The molecular formula is C20H23NO4. The number of rotatable bonds is 4. The summed E-state index contributed by atoms with van der Waals surface area (Å²) in [7, 11) is 0. The molecule has 1 amide bonds. The van der Waals surface area contributed by atoms with Crippen LogP contribution in [-0.4, -0.2) is 11.9 Å². The smallest absolute Gasteiger partial charge is 0.339 e. The van der Waals surface area contributed by atoms with Gasteiger partial charge >= 0.3 is 5.63 Å². The van der Waals surface area contributed by atoms with Crippen LogP contribution in [0.1, 0.15) is 42.7 Å². The van der Waals surface area contributed by atoms with Crippen molar-refractivity contribution in [1.29, 1.82) is 0 Å². The molecule has 1 N–H and O–H groups in total. The summed E-state index contributed by atoms with van der Waals surface area (Å²) in [6.45, 7) is 9.66. The van der Waals surface area contributed by atoms with Gasteiger partial charge in [-0.15, -0.1) is 0 Å². The first kappa shape index (κ1) is 17.3. The highest BCUT2D eigenvalue weighted by Crippen LogP contribution is 2.31. The largest absolute Gasteiger partial charge is 0.461 e. The van der Waals surface area contributed by atoms with Crippen molar-refractivity contribution < 1.29 is 13.6 Å². The van der Waals surface area contributed by atoms with Crippen molar-refractivity contribution in [1.82, 2.24) is 5.32 Å². The lowest BCUT2D eigenvalue weighted by molar-refractivity contribution is -0.121. The van der Waals surface area contributed by atoms with E-state index < -0.39 is 0 Å². The number of fused-ring (bicyclic) bond motifs is 2. The molecule has 0 aliphatic carbocycles. The number of benzene rings is 1. The van der Waals surface area contributed by atoms with E-state index in [1.807, 2.05) is 40.7 Å². The minimum absolute atomic E-state index is 0.0642. The summed E-state index contributed by atoms with van der Waals surface area (Å²) in [6.07, 6.45) is 0.630. The van der Waals surface area contributed by atoms with Crippen molar-refractivity contribution in [2.45, 2.75) is 53.5 Å². The van der Waals surface area contributed by atoms with Gasteiger partial charge in [0.2, 0.25) is 5.91 Å². The lowest BCUT2D eigenvalue weighted by Gasteiger charge is -2.10. The Labute approximate surface area is 146 Å².